The number of carbonyl (C=O) groups is 3. The number of piperidine rings is 1. The largest absolute Gasteiger partial charge is 0.328 e. The van der Waals surface area contributed by atoms with Gasteiger partial charge in [-0.2, -0.15) is 5.26 Å². The first-order chi connectivity index (χ1) is 15.1. The predicted molar refractivity (Wildman–Crippen MR) is 109 cm³/mol. The molecule has 1 aliphatic carbocycles. The van der Waals surface area contributed by atoms with Gasteiger partial charge in [-0.3, -0.25) is 25.1 Å². The van der Waals surface area contributed by atoms with Crippen molar-refractivity contribution < 1.29 is 14.4 Å². The summed E-state index contributed by atoms with van der Waals surface area (Å²) >= 11 is 0. The molecule has 1 saturated carbocycles. The maximum atomic E-state index is 13.7. The second kappa shape index (κ2) is 5.80. The van der Waals surface area contributed by atoms with E-state index in [2.05, 4.69) is 16.7 Å². The van der Waals surface area contributed by atoms with Gasteiger partial charge in [-0.05, 0) is 24.0 Å². The number of nitriles is 1. The molecule has 2 N–H and O–H groups in total. The summed E-state index contributed by atoms with van der Waals surface area (Å²) in [5, 5.41) is 15.1. The summed E-state index contributed by atoms with van der Waals surface area (Å²) in [4.78, 5) is 41.4. The van der Waals surface area contributed by atoms with Crippen molar-refractivity contribution in [2.75, 3.05) is 6.54 Å². The Kier molecular flexibility index (Phi) is 3.42. The van der Waals surface area contributed by atoms with Gasteiger partial charge in [0.2, 0.25) is 0 Å². The number of hydrogen-bond acceptors (Lipinski definition) is 5. The number of benzene rings is 2. The first-order valence-electron chi connectivity index (χ1n) is 10.5. The molecule has 2 aromatic carbocycles. The Morgan fingerprint density at radius 1 is 0.903 bits per heavy atom. The molecule has 3 saturated heterocycles. The molecular weight excluding hydrogens is 392 g/mol. The zero-order chi connectivity index (χ0) is 21.4. The molecular formula is C24H20N4O3. The molecule has 2 aromatic rings. The van der Waals surface area contributed by atoms with Crippen molar-refractivity contribution in [2.24, 2.45) is 5.92 Å². The Hall–Kier alpha value is -3.50. The molecule has 0 radical (unpaired) electrons. The minimum Gasteiger partial charge on any atom is -0.277 e. The zero-order valence-corrected chi connectivity index (χ0v) is 16.7. The minimum absolute atomic E-state index is 0.163. The highest BCUT2D eigenvalue weighted by Gasteiger charge is 2.97. The van der Waals surface area contributed by atoms with Crippen LogP contribution in [0.15, 0.2) is 60.7 Å². The van der Waals surface area contributed by atoms with Gasteiger partial charge in [-0.15, -0.1) is 0 Å². The van der Waals surface area contributed by atoms with Crippen molar-refractivity contribution in [2.45, 2.75) is 35.3 Å². The van der Waals surface area contributed by atoms with Crippen LogP contribution in [0, 0.1) is 17.2 Å². The quantitative estimate of drug-likeness (QED) is 0.730. The smallest absolute Gasteiger partial charge is 0.277 e. The topological polar surface area (TPSA) is 102 Å². The highest BCUT2D eigenvalue weighted by atomic mass is 16.2. The van der Waals surface area contributed by atoms with E-state index in [1.54, 1.807) is 0 Å². The Morgan fingerprint density at radius 2 is 1.48 bits per heavy atom. The molecule has 4 atom stereocenters. The van der Waals surface area contributed by atoms with E-state index in [0.717, 1.165) is 24.0 Å². The molecule has 4 amide bonds. The Labute approximate surface area is 179 Å². The number of carbonyl (C=O) groups excluding carboxylic acids is 3. The molecule has 154 valence electrons. The average Bonchev–Trinajstić information content (AvgIpc) is 3.03. The van der Waals surface area contributed by atoms with Crippen LogP contribution in [-0.2, 0) is 20.4 Å². The van der Waals surface area contributed by atoms with Crippen molar-refractivity contribution in [3.63, 3.8) is 0 Å². The number of rotatable bonds is 2. The molecule has 7 nitrogen and oxygen atoms in total. The molecule has 1 spiro atoms. The molecule has 31 heavy (non-hydrogen) atoms. The first-order valence-corrected chi connectivity index (χ1v) is 10.5. The van der Waals surface area contributed by atoms with Crippen molar-refractivity contribution in [1.29, 1.82) is 5.26 Å². The van der Waals surface area contributed by atoms with Gasteiger partial charge in [-0.25, -0.2) is 4.79 Å². The highest BCUT2D eigenvalue weighted by Crippen LogP contribution is 2.82. The van der Waals surface area contributed by atoms with Gasteiger partial charge in [0, 0.05) is 18.0 Å². The van der Waals surface area contributed by atoms with Crippen LogP contribution < -0.4 is 10.6 Å². The third-order valence-corrected chi connectivity index (χ3v) is 7.96. The molecule has 4 aliphatic rings. The van der Waals surface area contributed by atoms with Gasteiger partial charge in [0.1, 0.15) is 0 Å². The molecule has 7 heteroatoms. The van der Waals surface area contributed by atoms with E-state index in [9.17, 15) is 19.6 Å². The fourth-order valence-corrected chi connectivity index (χ4v) is 7.28. The monoisotopic (exact) mass is 412 g/mol. The van der Waals surface area contributed by atoms with Gasteiger partial charge in [0.15, 0.2) is 5.54 Å². The van der Waals surface area contributed by atoms with Crippen LogP contribution in [0.4, 0.5) is 4.79 Å². The third-order valence-electron chi connectivity index (χ3n) is 7.96. The zero-order valence-electron chi connectivity index (χ0n) is 16.7. The fraction of sp³-hybridized carbons (Fsp3) is 0.333. The van der Waals surface area contributed by atoms with Crippen LogP contribution in [0.2, 0.25) is 0 Å². The Morgan fingerprint density at radius 3 is 2.06 bits per heavy atom. The van der Waals surface area contributed by atoms with E-state index >= 15 is 0 Å². The number of imide groups is 2. The van der Waals surface area contributed by atoms with E-state index in [-0.39, 0.29) is 6.04 Å². The summed E-state index contributed by atoms with van der Waals surface area (Å²) in [5.41, 5.74) is -1.76. The maximum Gasteiger partial charge on any atom is 0.328 e. The van der Waals surface area contributed by atoms with Crippen LogP contribution in [0.1, 0.15) is 24.0 Å². The van der Waals surface area contributed by atoms with E-state index in [4.69, 9.17) is 0 Å². The van der Waals surface area contributed by atoms with Gasteiger partial charge in [-0.1, -0.05) is 60.7 Å². The Bertz CT molecular complexity index is 1150. The number of nitrogens with zero attached hydrogens (tertiary/aromatic N) is 2. The molecule has 0 bridgehead atoms. The lowest BCUT2D eigenvalue weighted by Crippen LogP contribution is -2.76. The van der Waals surface area contributed by atoms with E-state index in [1.165, 1.54) is 0 Å². The summed E-state index contributed by atoms with van der Waals surface area (Å²) in [6, 6.07) is 20.7. The van der Waals surface area contributed by atoms with Crippen molar-refractivity contribution in [1.82, 2.24) is 15.5 Å². The number of nitrogens with one attached hydrogen (secondary N) is 2. The van der Waals surface area contributed by atoms with E-state index in [1.807, 2.05) is 65.6 Å². The van der Waals surface area contributed by atoms with Gasteiger partial charge in [0.25, 0.3) is 11.8 Å². The predicted octanol–water partition coefficient (Wildman–Crippen LogP) is 1.60. The second-order valence-electron chi connectivity index (χ2n) is 8.77. The second-order valence-corrected chi connectivity index (χ2v) is 8.77. The first kappa shape index (κ1) is 18.3. The van der Waals surface area contributed by atoms with Gasteiger partial charge < -0.3 is 0 Å². The summed E-state index contributed by atoms with van der Waals surface area (Å²) in [7, 11) is 0. The minimum atomic E-state index is -1.67. The SMILES string of the molecule is N#C[C@@H]1[C@@]2(c3ccccc3)[C@H]3CCCN3C3(C(=O)NC(=O)NC3=O)[C@@]12c1ccccc1. The fourth-order valence-electron chi connectivity index (χ4n) is 7.28. The average molecular weight is 412 g/mol. The summed E-state index contributed by atoms with van der Waals surface area (Å²) in [6.07, 6.45) is 1.59. The number of fused-ring (bicyclic) bond motifs is 5. The van der Waals surface area contributed by atoms with E-state index < -0.39 is 40.1 Å². The molecule has 3 heterocycles. The van der Waals surface area contributed by atoms with Gasteiger partial charge >= 0.3 is 6.03 Å². The normalized spacial score (nSPS) is 35.1. The van der Waals surface area contributed by atoms with Crippen molar-refractivity contribution in [3.8, 4) is 6.07 Å². The maximum absolute atomic E-state index is 13.7. The molecule has 6 rings (SSSR count). The number of barbiturate groups is 1. The van der Waals surface area contributed by atoms with Gasteiger partial charge in [0.05, 0.1) is 17.4 Å². The lowest BCUT2D eigenvalue weighted by Gasteiger charge is -2.44. The summed E-state index contributed by atoms with van der Waals surface area (Å²) in [6.45, 7) is 0.557. The third kappa shape index (κ3) is 1.71. The lowest BCUT2D eigenvalue weighted by molar-refractivity contribution is -0.149. The van der Waals surface area contributed by atoms with Crippen LogP contribution in [0.3, 0.4) is 0 Å². The van der Waals surface area contributed by atoms with Crippen molar-refractivity contribution in [3.05, 3.63) is 71.8 Å². The highest BCUT2D eigenvalue weighted by molar-refractivity contribution is 6.25. The standard InChI is InChI=1S/C24H20N4O3/c25-14-17-22(15-8-3-1-4-9-15)18-12-7-13-28(18)24(19(29)26-21(31)27-20(24)30)23(17,22)16-10-5-2-6-11-16/h1-6,8-11,17-18H,7,12-13H2,(H2,26,27,29,30,31)/t17-,18-,22+,23+/m1/s1. The molecule has 3 aliphatic heterocycles. The van der Waals surface area contributed by atoms with E-state index in [0.29, 0.717) is 6.54 Å². The van der Waals surface area contributed by atoms with Crippen LogP contribution in [0.5, 0.6) is 0 Å². The molecule has 0 aromatic heterocycles. The van der Waals surface area contributed by atoms with Crippen LogP contribution >= 0.6 is 0 Å². The van der Waals surface area contributed by atoms with Crippen molar-refractivity contribution >= 4 is 17.8 Å². The number of amides is 4. The van der Waals surface area contributed by atoms with Crippen LogP contribution in [0.25, 0.3) is 0 Å². The molecule has 4 fully saturated rings. The summed E-state index contributed by atoms with van der Waals surface area (Å²) in [5.74, 6) is -1.85. The lowest BCUT2D eigenvalue weighted by atomic mass is 9.68. The summed E-state index contributed by atoms with van der Waals surface area (Å²) < 4.78 is 0. The Balaban J connectivity index is 1.75. The number of urea groups is 1. The van der Waals surface area contributed by atoms with Crippen LogP contribution in [-0.4, -0.2) is 40.9 Å². The molecule has 0 unspecified atom stereocenters. The number of hydrogen-bond donors (Lipinski definition) is 2.